The normalized spacial score (nSPS) is 13.6. The molecule has 5 nitrogen and oxygen atoms in total. The van der Waals surface area contributed by atoms with E-state index in [0.717, 1.165) is 0 Å². The van der Waals surface area contributed by atoms with E-state index in [2.05, 4.69) is 0 Å². The third kappa shape index (κ3) is 2.38. The molecule has 0 aliphatic carbocycles. The zero-order valence-electron chi connectivity index (χ0n) is 7.25. The van der Waals surface area contributed by atoms with Crippen LogP contribution in [0.15, 0.2) is 30.3 Å². The van der Waals surface area contributed by atoms with Crippen LogP contribution >= 0.6 is 0 Å². The third-order valence-electron chi connectivity index (χ3n) is 1.67. The van der Waals surface area contributed by atoms with Crippen molar-refractivity contribution in [1.29, 1.82) is 0 Å². The van der Waals surface area contributed by atoms with Crippen molar-refractivity contribution >= 4 is 15.8 Å². The highest BCUT2D eigenvalue weighted by atomic mass is 32.2. The lowest BCUT2D eigenvalue weighted by atomic mass is 10.1. The number of benzene rings is 1. The molecule has 76 valence electrons. The van der Waals surface area contributed by atoms with E-state index in [-0.39, 0.29) is 5.56 Å². The van der Waals surface area contributed by atoms with Crippen molar-refractivity contribution in [3.8, 4) is 0 Å². The Labute approximate surface area is 81.8 Å². The molecule has 0 spiro atoms. The van der Waals surface area contributed by atoms with Gasteiger partial charge in [0.2, 0.25) is 10.0 Å². The molecule has 0 radical (unpaired) electrons. The topological polar surface area (TPSA) is 103 Å². The Morgan fingerprint density at radius 2 is 1.71 bits per heavy atom. The van der Waals surface area contributed by atoms with Crippen LogP contribution in [0.1, 0.15) is 10.4 Å². The number of carbonyl (C=O) groups excluding carboxylic acids is 1. The molecule has 0 fully saturated rings. The van der Waals surface area contributed by atoms with Crippen LogP contribution in [0.3, 0.4) is 0 Å². The number of rotatable bonds is 3. The summed E-state index contributed by atoms with van der Waals surface area (Å²) in [6.45, 7) is 0. The summed E-state index contributed by atoms with van der Waals surface area (Å²) >= 11 is 0. The van der Waals surface area contributed by atoms with E-state index in [1.165, 1.54) is 12.1 Å². The molecular weight excluding hydrogens is 204 g/mol. The van der Waals surface area contributed by atoms with Gasteiger partial charge < -0.3 is 5.73 Å². The second-order valence-corrected chi connectivity index (χ2v) is 4.43. The highest BCUT2D eigenvalue weighted by Gasteiger charge is 2.25. The lowest BCUT2D eigenvalue weighted by Gasteiger charge is -2.07. The average molecular weight is 214 g/mol. The second-order valence-electron chi connectivity index (χ2n) is 2.74. The van der Waals surface area contributed by atoms with Crippen molar-refractivity contribution < 1.29 is 13.2 Å². The largest absolute Gasteiger partial charge is 0.307 e. The second kappa shape index (κ2) is 3.87. The lowest BCUT2D eigenvalue weighted by Crippen LogP contribution is -2.42. The average Bonchev–Trinajstić information content (AvgIpc) is 2.15. The monoisotopic (exact) mass is 214 g/mol. The summed E-state index contributed by atoms with van der Waals surface area (Å²) < 4.78 is 21.6. The maximum atomic E-state index is 11.4. The Morgan fingerprint density at radius 3 is 2.14 bits per heavy atom. The van der Waals surface area contributed by atoms with E-state index in [1.54, 1.807) is 18.2 Å². The number of carbonyl (C=O) groups is 1. The molecule has 1 atom stereocenters. The van der Waals surface area contributed by atoms with Gasteiger partial charge in [-0.05, 0) is 0 Å². The molecule has 0 amide bonds. The summed E-state index contributed by atoms with van der Waals surface area (Å²) in [4.78, 5) is 11.4. The summed E-state index contributed by atoms with van der Waals surface area (Å²) in [5, 5.41) is 3.05. The van der Waals surface area contributed by atoms with Gasteiger partial charge in [0.1, 0.15) is 0 Å². The summed E-state index contributed by atoms with van der Waals surface area (Å²) in [6, 6.07) is 7.90. The molecule has 0 aliphatic heterocycles. The van der Waals surface area contributed by atoms with Crippen LogP contribution < -0.4 is 10.9 Å². The highest BCUT2D eigenvalue weighted by Crippen LogP contribution is 2.04. The molecule has 14 heavy (non-hydrogen) atoms. The van der Waals surface area contributed by atoms with Crippen molar-refractivity contribution in [1.82, 2.24) is 0 Å². The zero-order chi connectivity index (χ0) is 10.8. The number of Topliss-reactive ketones (excluding diaryl/α,β-unsaturated/α-hetero) is 1. The fourth-order valence-electron chi connectivity index (χ4n) is 0.916. The Balaban J connectivity index is 2.99. The predicted octanol–water partition coefficient (Wildman–Crippen LogP) is -0.557. The molecular formula is C8H10N2O3S. The quantitative estimate of drug-likeness (QED) is 0.658. The number of hydrogen-bond acceptors (Lipinski definition) is 4. The Morgan fingerprint density at radius 1 is 1.21 bits per heavy atom. The van der Waals surface area contributed by atoms with Crippen LogP contribution in [0.5, 0.6) is 0 Å². The van der Waals surface area contributed by atoms with Crippen LogP contribution in [-0.4, -0.2) is 19.6 Å². The summed E-state index contributed by atoms with van der Waals surface area (Å²) in [6.07, 6.45) is 0. The van der Waals surface area contributed by atoms with Crippen LogP contribution in [0, 0.1) is 0 Å². The molecule has 6 heteroatoms. The van der Waals surface area contributed by atoms with E-state index in [4.69, 9.17) is 10.9 Å². The first kappa shape index (κ1) is 10.8. The molecule has 0 saturated carbocycles. The molecule has 1 aromatic carbocycles. The molecule has 0 saturated heterocycles. The van der Waals surface area contributed by atoms with Gasteiger partial charge >= 0.3 is 0 Å². The number of nitrogens with two attached hydrogens (primary N) is 2. The van der Waals surface area contributed by atoms with Gasteiger partial charge in [0.05, 0.1) is 0 Å². The molecule has 0 aromatic heterocycles. The molecule has 0 aliphatic rings. The third-order valence-corrected chi connectivity index (χ3v) is 2.59. The van der Waals surface area contributed by atoms with Gasteiger partial charge in [0.15, 0.2) is 11.2 Å². The first-order valence-corrected chi connectivity index (χ1v) is 5.40. The molecule has 1 unspecified atom stereocenters. The summed E-state index contributed by atoms with van der Waals surface area (Å²) in [7, 11) is -4.02. The fourth-order valence-corrected chi connectivity index (χ4v) is 1.35. The van der Waals surface area contributed by atoms with Crippen LogP contribution in [0.2, 0.25) is 0 Å². The molecule has 1 rings (SSSR count). The van der Waals surface area contributed by atoms with Crippen molar-refractivity contribution in [2.45, 2.75) is 5.37 Å². The van der Waals surface area contributed by atoms with Gasteiger partial charge in [-0.1, -0.05) is 30.3 Å². The number of sulfonamides is 1. The van der Waals surface area contributed by atoms with Crippen molar-refractivity contribution in [2.75, 3.05) is 0 Å². The van der Waals surface area contributed by atoms with Crippen LogP contribution in [-0.2, 0) is 10.0 Å². The molecule has 0 heterocycles. The first-order valence-electron chi connectivity index (χ1n) is 3.79. The first-order chi connectivity index (χ1) is 6.43. The lowest BCUT2D eigenvalue weighted by molar-refractivity contribution is 0.0988. The van der Waals surface area contributed by atoms with Crippen LogP contribution in [0.4, 0.5) is 0 Å². The Hall–Kier alpha value is -1.24. The van der Waals surface area contributed by atoms with Crippen LogP contribution in [0.25, 0.3) is 0 Å². The van der Waals surface area contributed by atoms with Gasteiger partial charge in [-0.15, -0.1) is 0 Å². The van der Waals surface area contributed by atoms with Gasteiger partial charge in [0, 0.05) is 5.56 Å². The number of hydrogen-bond donors (Lipinski definition) is 2. The molecule has 1 aromatic rings. The summed E-state index contributed by atoms with van der Waals surface area (Å²) in [5.41, 5.74) is 5.39. The minimum atomic E-state index is -4.02. The van der Waals surface area contributed by atoms with E-state index in [0.29, 0.717) is 0 Å². The maximum Gasteiger partial charge on any atom is 0.232 e. The zero-order valence-corrected chi connectivity index (χ0v) is 8.07. The maximum absolute atomic E-state index is 11.4. The van der Waals surface area contributed by atoms with E-state index in [9.17, 15) is 13.2 Å². The van der Waals surface area contributed by atoms with Gasteiger partial charge in [0.25, 0.3) is 0 Å². The Kier molecular flexibility index (Phi) is 3.00. The van der Waals surface area contributed by atoms with E-state index >= 15 is 0 Å². The summed E-state index contributed by atoms with van der Waals surface area (Å²) in [5.74, 6) is -0.701. The minimum absolute atomic E-state index is 0.231. The highest BCUT2D eigenvalue weighted by molar-refractivity contribution is 7.90. The van der Waals surface area contributed by atoms with Gasteiger partial charge in [-0.25, -0.2) is 13.6 Å². The van der Waals surface area contributed by atoms with E-state index in [1.807, 2.05) is 0 Å². The minimum Gasteiger partial charge on any atom is -0.307 e. The smallest absolute Gasteiger partial charge is 0.232 e. The predicted molar refractivity (Wildman–Crippen MR) is 51.9 cm³/mol. The van der Waals surface area contributed by atoms with E-state index < -0.39 is 21.2 Å². The van der Waals surface area contributed by atoms with Crippen molar-refractivity contribution in [2.24, 2.45) is 10.9 Å². The van der Waals surface area contributed by atoms with Gasteiger partial charge in [-0.3, -0.25) is 4.79 Å². The standard InChI is InChI=1S/C8H10N2O3S/c9-8(14(10,12)13)7(11)6-4-2-1-3-5-6/h1-5,8H,9H2,(H2,10,12,13). The molecule has 4 N–H and O–H groups in total. The molecule has 0 bridgehead atoms. The number of ketones is 1. The van der Waals surface area contributed by atoms with Crippen molar-refractivity contribution in [3.63, 3.8) is 0 Å². The SMILES string of the molecule is NC(C(=O)c1ccccc1)S(N)(=O)=O. The van der Waals surface area contributed by atoms with Gasteiger partial charge in [-0.2, -0.15) is 0 Å². The number of primary sulfonamides is 1. The van der Waals surface area contributed by atoms with Crippen molar-refractivity contribution in [3.05, 3.63) is 35.9 Å². The Bertz CT molecular complexity index is 427. The fraction of sp³-hybridized carbons (Fsp3) is 0.125.